The molecule has 0 saturated carbocycles. The van der Waals surface area contributed by atoms with Gasteiger partial charge in [-0.25, -0.2) is 4.99 Å². The summed E-state index contributed by atoms with van der Waals surface area (Å²) in [4.78, 5) is 34.2. The van der Waals surface area contributed by atoms with E-state index in [-0.39, 0.29) is 11.8 Å². The van der Waals surface area contributed by atoms with Crippen LogP contribution in [0.3, 0.4) is 0 Å². The average molecular weight is 537 g/mol. The number of methoxy groups -OCH3 is 2. The number of aliphatic imine (C=N–C) groups is 1. The quantitative estimate of drug-likeness (QED) is 0.296. The lowest BCUT2D eigenvalue weighted by Crippen LogP contribution is -2.32. The average Bonchev–Trinajstić information content (AvgIpc) is 3.62. The van der Waals surface area contributed by atoms with Crippen molar-refractivity contribution < 1.29 is 19.1 Å². The molecule has 0 saturated heterocycles. The molecule has 2 aliphatic heterocycles. The largest absolute Gasteiger partial charge is 0.497 e. The number of hydrogen-bond acceptors (Lipinski definition) is 8. The predicted molar refractivity (Wildman–Crippen MR) is 153 cm³/mol. The number of nitrogens with one attached hydrogen (secondary N) is 2. The second kappa shape index (κ2) is 10.6. The fraction of sp³-hybridized carbons (Fsp3) is 0.200. The molecule has 0 fully saturated rings. The van der Waals surface area contributed by atoms with Crippen LogP contribution in [0, 0.1) is 0 Å². The molecule has 202 valence electrons. The number of ether oxygens (including phenoxy) is 2. The highest BCUT2D eigenvalue weighted by Gasteiger charge is 2.34. The number of fused-ring (bicyclic) bond motifs is 2. The number of nitrogens with zero attached hydrogens (tertiary/aromatic N) is 4. The lowest BCUT2D eigenvalue weighted by molar-refractivity contribution is 0.0653. The van der Waals surface area contributed by atoms with E-state index >= 15 is 0 Å². The van der Waals surface area contributed by atoms with Crippen LogP contribution >= 0.6 is 0 Å². The Morgan fingerprint density at radius 1 is 0.925 bits per heavy atom. The van der Waals surface area contributed by atoms with Crippen molar-refractivity contribution in [2.75, 3.05) is 44.1 Å². The maximum atomic E-state index is 12.9. The number of benzene rings is 3. The molecule has 0 radical (unpaired) electrons. The molecule has 0 atom stereocenters. The number of amides is 2. The Morgan fingerprint density at radius 2 is 1.65 bits per heavy atom. The molecule has 10 heteroatoms. The van der Waals surface area contributed by atoms with Gasteiger partial charge in [-0.15, -0.1) is 0 Å². The molecular formula is C30H28N6O4. The first-order valence-corrected chi connectivity index (χ1v) is 13.0. The van der Waals surface area contributed by atoms with E-state index in [0.717, 1.165) is 34.0 Å². The van der Waals surface area contributed by atoms with E-state index in [9.17, 15) is 9.59 Å². The van der Waals surface area contributed by atoms with E-state index in [0.29, 0.717) is 48.7 Å². The van der Waals surface area contributed by atoms with Gasteiger partial charge in [0.1, 0.15) is 11.5 Å². The van der Waals surface area contributed by atoms with Crippen LogP contribution in [-0.2, 0) is 0 Å². The van der Waals surface area contributed by atoms with Gasteiger partial charge in [-0.3, -0.25) is 19.6 Å². The van der Waals surface area contributed by atoms with E-state index in [1.54, 1.807) is 44.7 Å². The van der Waals surface area contributed by atoms with Crippen LogP contribution in [0.15, 0.2) is 78.0 Å². The zero-order valence-corrected chi connectivity index (χ0v) is 22.2. The Labute approximate surface area is 231 Å². The normalized spacial score (nSPS) is 13.8. The number of carbonyl (C=O) groups is 2. The zero-order chi connectivity index (χ0) is 27.6. The number of imide groups is 1. The molecule has 10 nitrogen and oxygen atoms in total. The summed E-state index contributed by atoms with van der Waals surface area (Å²) in [7, 11) is 3.23. The first kappa shape index (κ1) is 25.2. The van der Waals surface area contributed by atoms with Crippen molar-refractivity contribution in [3.63, 3.8) is 0 Å². The molecule has 2 amide bonds. The number of aromatic nitrogens is 2. The van der Waals surface area contributed by atoms with E-state index < -0.39 is 0 Å². The van der Waals surface area contributed by atoms with E-state index in [1.807, 2.05) is 42.6 Å². The zero-order valence-electron chi connectivity index (χ0n) is 22.2. The molecule has 4 aromatic rings. The SMILES string of the molecule is COc1cc(OC)cc(N(CCCN2C(=O)c3ccccc3C2=O)c2ccc3c(c2)N=C(c2cn[nH]c2)CN3)c1. The number of hydrogen-bond donors (Lipinski definition) is 2. The molecule has 3 aromatic carbocycles. The van der Waals surface area contributed by atoms with Crippen LogP contribution in [-0.4, -0.2) is 66.5 Å². The molecule has 0 spiro atoms. The minimum absolute atomic E-state index is 0.254. The Kier molecular flexibility index (Phi) is 6.65. The summed E-state index contributed by atoms with van der Waals surface area (Å²) in [6.45, 7) is 1.41. The molecule has 40 heavy (non-hydrogen) atoms. The number of H-pyrrole nitrogens is 1. The minimum atomic E-state index is -0.254. The second-order valence-corrected chi connectivity index (χ2v) is 9.48. The molecule has 2 N–H and O–H groups in total. The summed E-state index contributed by atoms with van der Waals surface area (Å²) >= 11 is 0. The van der Waals surface area contributed by atoms with Gasteiger partial charge in [0.25, 0.3) is 11.8 Å². The first-order chi connectivity index (χ1) is 19.6. The number of aromatic amines is 1. The van der Waals surface area contributed by atoms with Crippen molar-refractivity contribution in [2.45, 2.75) is 6.42 Å². The molecule has 0 bridgehead atoms. The summed E-state index contributed by atoms with van der Waals surface area (Å²) in [6, 6.07) is 18.7. The van der Waals surface area contributed by atoms with Crippen LogP contribution in [0.5, 0.6) is 11.5 Å². The Balaban J connectivity index is 1.31. The summed E-state index contributed by atoms with van der Waals surface area (Å²) in [5.74, 6) is 0.798. The first-order valence-electron chi connectivity index (χ1n) is 13.0. The summed E-state index contributed by atoms with van der Waals surface area (Å²) in [5.41, 5.74) is 6.21. The third kappa shape index (κ3) is 4.64. The van der Waals surface area contributed by atoms with Gasteiger partial charge in [-0.05, 0) is 36.8 Å². The van der Waals surface area contributed by atoms with Gasteiger partial charge in [-0.1, -0.05) is 12.1 Å². The number of anilines is 3. The monoisotopic (exact) mass is 536 g/mol. The molecule has 0 aliphatic carbocycles. The smallest absolute Gasteiger partial charge is 0.261 e. The van der Waals surface area contributed by atoms with E-state index in [1.165, 1.54) is 4.90 Å². The van der Waals surface area contributed by atoms with Gasteiger partial charge in [0.05, 0.1) is 55.2 Å². The van der Waals surface area contributed by atoms with Crippen LogP contribution in [0.25, 0.3) is 0 Å². The summed E-state index contributed by atoms with van der Waals surface area (Å²) in [6.07, 6.45) is 4.12. The van der Waals surface area contributed by atoms with Gasteiger partial charge >= 0.3 is 0 Å². The third-order valence-corrected chi connectivity index (χ3v) is 7.12. The molecule has 3 heterocycles. The highest BCUT2D eigenvalue weighted by molar-refractivity contribution is 6.21. The highest BCUT2D eigenvalue weighted by Crippen LogP contribution is 2.38. The maximum Gasteiger partial charge on any atom is 0.261 e. The van der Waals surface area contributed by atoms with Crippen molar-refractivity contribution in [3.05, 3.63) is 89.7 Å². The minimum Gasteiger partial charge on any atom is -0.497 e. The Hall–Kier alpha value is -5.12. The number of carbonyl (C=O) groups excluding carboxylic acids is 2. The maximum absolute atomic E-state index is 12.9. The van der Waals surface area contributed by atoms with Crippen LogP contribution in [0.4, 0.5) is 22.7 Å². The van der Waals surface area contributed by atoms with Crippen LogP contribution in [0.2, 0.25) is 0 Å². The summed E-state index contributed by atoms with van der Waals surface area (Å²) < 4.78 is 11.1. The third-order valence-electron chi connectivity index (χ3n) is 7.12. The molecule has 1 aromatic heterocycles. The van der Waals surface area contributed by atoms with Crippen molar-refractivity contribution in [1.82, 2.24) is 15.1 Å². The van der Waals surface area contributed by atoms with Gasteiger partial charge < -0.3 is 19.7 Å². The van der Waals surface area contributed by atoms with E-state index in [2.05, 4.69) is 20.4 Å². The Morgan fingerprint density at radius 3 is 2.30 bits per heavy atom. The topological polar surface area (TPSA) is 112 Å². The standard InChI is InChI=1S/C30H28N6O4/c1-39-22-12-21(13-23(15-22)40-2)35(10-5-11-36-29(37)24-6-3-4-7-25(24)30(36)38)20-8-9-26-27(14-20)34-28(18-31-26)19-16-32-33-17-19/h3-4,6-9,12-17,31H,5,10-11,18H2,1-2H3,(H,32,33). The fourth-order valence-corrected chi connectivity index (χ4v) is 5.05. The number of rotatable bonds is 9. The van der Waals surface area contributed by atoms with Gasteiger partial charge in [-0.2, -0.15) is 5.10 Å². The van der Waals surface area contributed by atoms with Crippen LogP contribution < -0.4 is 19.7 Å². The van der Waals surface area contributed by atoms with Crippen molar-refractivity contribution in [1.29, 1.82) is 0 Å². The van der Waals surface area contributed by atoms with Crippen molar-refractivity contribution in [3.8, 4) is 11.5 Å². The highest BCUT2D eigenvalue weighted by atomic mass is 16.5. The van der Waals surface area contributed by atoms with Crippen LogP contribution in [0.1, 0.15) is 32.7 Å². The summed E-state index contributed by atoms with van der Waals surface area (Å²) in [5, 5.41) is 10.3. The predicted octanol–water partition coefficient (Wildman–Crippen LogP) is 4.80. The Bertz CT molecular complexity index is 1560. The van der Waals surface area contributed by atoms with Gasteiger partial charge in [0.15, 0.2) is 0 Å². The van der Waals surface area contributed by atoms with Gasteiger partial charge in [0.2, 0.25) is 0 Å². The molecule has 2 aliphatic rings. The fourth-order valence-electron chi connectivity index (χ4n) is 5.05. The van der Waals surface area contributed by atoms with Gasteiger partial charge in [0, 0.05) is 54.4 Å². The lowest BCUT2D eigenvalue weighted by Gasteiger charge is -2.28. The second-order valence-electron chi connectivity index (χ2n) is 9.48. The molecular weight excluding hydrogens is 508 g/mol. The lowest BCUT2D eigenvalue weighted by atomic mass is 10.1. The molecule has 0 unspecified atom stereocenters. The van der Waals surface area contributed by atoms with Crippen molar-refractivity contribution in [2.24, 2.45) is 4.99 Å². The molecule has 6 rings (SSSR count). The van der Waals surface area contributed by atoms with Crippen molar-refractivity contribution >= 4 is 40.3 Å². The van der Waals surface area contributed by atoms with E-state index in [4.69, 9.17) is 14.5 Å².